The van der Waals surface area contributed by atoms with Crippen molar-refractivity contribution in [3.63, 3.8) is 0 Å². The van der Waals surface area contributed by atoms with E-state index in [1.54, 1.807) is 35.6 Å². The third-order valence-electron chi connectivity index (χ3n) is 5.89. The van der Waals surface area contributed by atoms with Crippen molar-refractivity contribution >= 4 is 22.9 Å². The van der Waals surface area contributed by atoms with Crippen LogP contribution in [0.25, 0.3) is 10.4 Å². The first-order valence-electron chi connectivity index (χ1n) is 10.3. The number of rotatable bonds is 5. The third-order valence-corrected chi connectivity index (χ3v) is 7.55. The molecule has 0 bridgehead atoms. The van der Waals surface area contributed by atoms with Crippen LogP contribution in [0.5, 0.6) is 0 Å². The molecule has 1 unspecified atom stereocenters. The van der Waals surface area contributed by atoms with Gasteiger partial charge in [-0.05, 0) is 47.0 Å². The molecule has 32 heavy (non-hydrogen) atoms. The van der Waals surface area contributed by atoms with Crippen LogP contribution in [0.2, 0.25) is 5.02 Å². The van der Waals surface area contributed by atoms with Gasteiger partial charge in [0.05, 0.1) is 6.61 Å². The van der Waals surface area contributed by atoms with Crippen molar-refractivity contribution in [3.8, 4) is 10.4 Å². The smallest absolute Gasteiger partial charge is 0.123 e. The van der Waals surface area contributed by atoms with Gasteiger partial charge in [-0.15, -0.1) is 11.3 Å². The summed E-state index contributed by atoms with van der Waals surface area (Å²) in [6, 6.07) is 15.5. The van der Waals surface area contributed by atoms with Crippen LogP contribution in [0.3, 0.4) is 0 Å². The van der Waals surface area contributed by atoms with Crippen LogP contribution in [-0.2, 0) is 4.74 Å². The molecule has 1 fully saturated rings. The number of aliphatic hydroxyl groups is 4. The fraction of sp³-hybridized carbons (Fsp3) is 0.333. The maximum absolute atomic E-state index is 13.2. The van der Waals surface area contributed by atoms with E-state index in [-0.39, 0.29) is 11.7 Å². The molecule has 4 rings (SSSR count). The fourth-order valence-electron chi connectivity index (χ4n) is 3.96. The molecule has 0 amide bonds. The van der Waals surface area contributed by atoms with Crippen molar-refractivity contribution in [3.05, 3.63) is 81.4 Å². The fourth-order valence-corrected chi connectivity index (χ4v) is 5.32. The molecule has 2 aromatic carbocycles. The zero-order valence-electron chi connectivity index (χ0n) is 17.2. The maximum Gasteiger partial charge on any atom is 0.123 e. The highest BCUT2D eigenvalue weighted by Crippen LogP contribution is 2.40. The summed E-state index contributed by atoms with van der Waals surface area (Å²) in [5.41, 5.74) is 2.33. The van der Waals surface area contributed by atoms with Gasteiger partial charge in [-0.1, -0.05) is 42.8 Å². The highest BCUT2D eigenvalue weighted by molar-refractivity contribution is 7.15. The van der Waals surface area contributed by atoms with E-state index >= 15 is 0 Å². The second kappa shape index (κ2) is 9.57. The molecule has 4 N–H and O–H groups in total. The van der Waals surface area contributed by atoms with Crippen molar-refractivity contribution < 1.29 is 29.6 Å². The van der Waals surface area contributed by atoms with Crippen LogP contribution in [0, 0.1) is 5.82 Å². The Morgan fingerprint density at radius 3 is 2.41 bits per heavy atom. The molecule has 1 aliphatic heterocycles. The Labute approximate surface area is 194 Å². The largest absolute Gasteiger partial charge is 0.394 e. The predicted octanol–water partition coefficient (Wildman–Crippen LogP) is 3.87. The number of halogens is 2. The average molecular weight is 479 g/mol. The quantitative estimate of drug-likeness (QED) is 0.447. The molecule has 0 spiro atoms. The summed E-state index contributed by atoms with van der Waals surface area (Å²) in [4.78, 5) is 2.06. The van der Waals surface area contributed by atoms with Gasteiger partial charge >= 0.3 is 0 Å². The zero-order chi connectivity index (χ0) is 23.0. The van der Waals surface area contributed by atoms with Crippen LogP contribution >= 0.6 is 22.9 Å². The first kappa shape index (κ1) is 23.3. The molecule has 1 saturated heterocycles. The first-order valence-corrected chi connectivity index (χ1v) is 11.4. The van der Waals surface area contributed by atoms with Gasteiger partial charge in [0.25, 0.3) is 0 Å². The van der Waals surface area contributed by atoms with E-state index in [1.807, 2.05) is 25.1 Å². The lowest BCUT2D eigenvalue weighted by Crippen LogP contribution is -2.55. The minimum Gasteiger partial charge on any atom is -0.394 e. The summed E-state index contributed by atoms with van der Waals surface area (Å²) in [6.07, 6.45) is -6.12. The normalized spacial score (nSPS) is 26.8. The molecule has 2 heterocycles. The molecule has 5 nitrogen and oxygen atoms in total. The number of hydrogen-bond acceptors (Lipinski definition) is 6. The summed E-state index contributed by atoms with van der Waals surface area (Å²) in [6.45, 7) is 1.53. The molecular weight excluding hydrogens is 455 g/mol. The van der Waals surface area contributed by atoms with E-state index < -0.39 is 37.1 Å². The van der Waals surface area contributed by atoms with E-state index in [1.165, 1.54) is 12.1 Å². The second-order valence-corrected chi connectivity index (χ2v) is 9.48. The van der Waals surface area contributed by atoms with Crippen LogP contribution in [0.4, 0.5) is 4.39 Å². The van der Waals surface area contributed by atoms with Crippen LogP contribution in [-0.4, -0.2) is 51.4 Å². The number of ether oxygens (including phenoxy) is 1. The van der Waals surface area contributed by atoms with Crippen LogP contribution in [0.1, 0.15) is 34.9 Å². The number of aliphatic hydroxyl groups excluding tert-OH is 4. The molecular formula is C24H24ClFO5S. The van der Waals surface area contributed by atoms with E-state index in [0.717, 1.165) is 20.9 Å². The Bertz CT molecular complexity index is 1070. The van der Waals surface area contributed by atoms with Crippen LogP contribution < -0.4 is 0 Å². The molecule has 3 aromatic rings. The number of thiophene rings is 1. The SMILES string of the molecule is CC(c1ccc(-c2ccc(F)cc2)s1)c1cc([C@@H]2O[C@H](CO)[C@@H](O)[C@H](O)[C@H]2O)ccc1Cl. The molecule has 6 atom stereocenters. The van der Waals surface area contributed by atoms with Crippen molar-refractivity contribution in [1.29, 1.82) is 0 Å². The van der Waals surface area contributed by atoms with Gasteiger partial charge in [0, 0.05) is 20.7 Å². The Hall–Kier alpha value is -1.84. The summed E-state index contributed by atoms with van der Waals surface area (Å²) < 4.78 is 18.9. The highest BCUT2D eigenvalue weighted by Gasteiger charge is 2.44. The lowest BCUT2D eigenvalue weighted by Gasteiger charge is -2.40. The number of benzene rings is 2. The van der Waals surface area contributed by atoms with Crippen molar-refractivity contribution in [2.75, 3.05) is 6.61 Å². The second-order valence-electron chi connectivity index (χ2n) is 7.96. The lowest BCUT2D eigenvalue weighted by atomic mass is 9.89. The molecule has 170 valence electrons. The Balaban J connectivity index is 1.62. The van der Waals surface area contributed by atoms with Gasteiger partial charge in [-0.25, -0.2) is 4.39 Å². The lowest BCUT2D eigenvalue weighted by molar-refractivity contribution is -0.231. The average Bonchev–Trinajstić information content (AvgIpc) is 3.29. The standard InChI is InChI=1S/C24H24ClFO5S/c1-12(19-8-9-20(32-19)13-2-5-15(26)6-3-13)16-10-14(4-7-17(16)25)24-23(30)22(29)21(28)18(11-27)31-24/h2-10,12,18,21-24,27-30H,11H2,1H3/t12?,18-,21-,22+,23-,24+/m1/s1. The van der Waals surface area contributed by atoms with Gasteiger partial charge in [0.2, 0.25) is 0 Å². The summed E-state index contributed by atoms with van der Waals surface area (Å²) in [5, 5.41) is 40.6. The molecule has 0 radical (unpaired) electrons. The van der Waals surface area contributed by atoms with Gasteiger partial charge in [-0.3, -0.25) is 0 Å². The Kier molecular flexibility index (Phi) is 6.97. The monoisotopic (exact) mass is 478 g/mol. The highest BCUT2D eigenvalue weighted by atomic mass is 35.5. The number of hydrogen-bond donors (Lipinski definition) is 4. The Morgan fingerprint density at radius 1 is 1.00 bits per heavy atom. The van der Waals surface area contributed by atoms with Crippen LogP contribution in [0.15, 0.2) is 54.6 Å². The van der Waals surface area contributed by atoms with Crippen molar-refractivity contribution in [2.24, 2.45) is 0 Å². The van der Waals surface area contributed by atoms with E-state index in [2.05, 4.69) is 0 Å². The van der Waals surface area contributed by atoms with Gasteiger partial charge < -0.3 is 25.2 Å². The van der Waals surface area contributed by atoms with Crippen molar-refractivity contribution in [2.45, 2.75) is 43.4 Å². The molecule has 0 aliphatic carbocycles. The van der Waals surface area contributed by atoms with E-state index in [4.69, 9.17) is 16.3 Å². The van der Waals surface area contributed by atoms with Crippen molar-refractivity contribution in [1.82, 2.24) is 0 Å². The minimum absolute atomic E-state index is 0.0773. The predicted molar refractivity (Wildman–Crippen MR) is 121 cm³/mol. The summed E-state index contributed by atoms with van der Waals surface area (Å²) >= 11 is 8.08. The van der Waals surface area contributed by atoms with E-state index in [9.17, 15) is 24.8 Å². The first-order chi connectivity index (χ1) is 15.3. The third kappa shape index (κ3) is 4.47. The Morgan fingerprint density at radius 2 is 1.72 bits per heavy atom. The minimum atomic E-state index is -1.45. The van der Waals surface area contributed by atoms with Gasteiger partial charge in [-0.2, -0.15) is 0 Å². The summed E-state index contributed by atoms with van der Waals surface area (Å²) in [7, 11) is 0. The van der Waals surface area contributed by atoms with E-state index in [0.29, 0.717) is 10.6 Å². The van der Waals surface area contributed by atoms with Gasteiger partial charge in [0.15, 0.2) is 0 Å². The molecule has 0 saturated carbocycles. The van der Waals surface area contributed by atoms with Gasteiger partial charge in [0.1, 0.15) is 36.3 Å². The molecule has 8 heteroatoms. The summed E-state index contributed by atoms with van der Waals surface area (Å²) in [5.74, 6) is -0.359. The molecule has 1 aliphatic rings. The zero-order valence-corrected chi connectivity index (χ0v) is 18.8. The maximum atomic E-state index is 13.2. The topological polar surface area (TPSA) is 90.2 Å². The molecule has 1 aromatic heterocycles.